The van der Waals surface area contributed by atoms with Gasteiger partial charge in [-0.3, -0.25) is 4.68 Å². The van der Waals surface area contributed by atoms with Gasteiger partial charge in [0.1, 0.15) is 0 Å². The van der Waals surface area contributed by atoms with E-state index in [1.165, 1.54) is 0 Å². The molecule has 0 aliphatic carbocycles. The van der Waals surface area contributed by atoms with E-state index in [2.05, 4.69) is 10.4 Å². The van der Waals surface area contributed by atoms with Gasteiger partial charge < -0.3 is 10.4 Å². The summed E-state index contributed by atoms with van der Waals surface area (Å²) in [5.41, 5.74) is 1.57. The topological polar surface area (TPSA) is 50.1 Å². The molecule has 0 saturated carbocycles. The average molecular weight is 259 g/mol. The van der Waals surface area contributed by atoms with Crippen molar-refractivity contribution in [3.8, 4) is 0 Å². The molecule has 0 bridgehead atoms. The Kier molecular flexibility index (Phi) is 4.35. The van der Waals surface area contributed by atoms with Crippen LogP contribution in [0.5, 0.6) is 0 Å². The third-order valence-electron chi connectivity index (χ3n) is 3.32. The van der Waals surface area contributed by atoms with Crippen molar-refractivity contribution in [2.45, 2.75) is 25.9 Å². The van der Waals surface area contributed by atoms with Gasteiger partial charge in [0.2, 0.25) is 0 Å². The largest absolute Gasteiger partial charge is 0.394 e. The van der Waals surface area contributed by atoms with E-state index >= 15 is 0 Å². The van der Waals surface area contributed by atoms with E-state index < -0.39 is 5.54 Å². The summed E-state index contributed by atoms with van der Waals surface area (Å²) < 4.78 is 1.88. The fourth-order valence-corrected chi connectivity index (χ4v) is 2.37. The highest BCUT2D eigenvalue weighted by molar-refractivity contribution is 5.24. The van der Waals surface area contributed by atoms with Crippen molar-refractivity contribution in [2.75, 3.05) is 13.2 Å². The number of nitrogens with zero attached hydrogens (tertiary/aromatic N) is 2. The summed E-state index contributed by atoms with van der Waals surface area (Å²) in [5, 5.41) is 17.8. The number of likely N-dealkylation sites (N-methyl/N-ethyl adjacent to an activating group) is 1. The van der Waals surface area contributed by atoms with Crippen LogP contribution in [-0.2, 0) is 12.1 Å². The Morgan fingerprint density at radius 1 is 1.26 bits per heavy atom. The highest BCUT2D eigenvalue weighted by atomic mass is 16.3. The Labute approximate surface area is 114 Å². The minimum Gasteiger partial charge on any atom is -0.394 e. The zero-order chi connectivity index (χ0) is 13.7. The molecule has 1 unspecified atom stereocenters. The van der Waals surface area contributed by atoms with Crippen molar-refractivity contribution in [3.05, 3.63) is 53.9 Å². The van der Waals surface area contributed by atoms with E-state index in [0.29, 0.717) is 6.54 Å². The van der Waals surface area contributed by atoms with Crippen molar-refractivity contribution in [2.24, 2.45) is 0 Å². The SMILES string of the molecule is CCNC(CO)(Cn1ccc(C)n1)c1ccccc1. The maximum atomic E-state index is 9.93. The van der Waals surface area contributed by atoms with Crippen LogP contribution >= 0.6 is 0 Å². The smallest absolute Gasteiger partial charge is 0.0867 e. The van der Waals surface area contributed by atoms with Crippen LogP contribution in [0.4, 0.5) is 0 Å². The summed E-state index contributed by atoms with van der Waals surface area (Å²) in [6.45, 7) is 5.43. The summed E-state index contributed by atoms with van der Waals surface area (Å²) in [5.74, 6) is 0. The van der Waals surface area contributed by atoms with E-state index in [1.54, 1.807) is 0 Å². The average Bonchev–Trinajstić information content (AvgIpc) is 2.84. The summed E-state index contributed by atoms with van der Waals surface area (Å²) in [4.78, 5) is 0. The molecule has 1 atom stereocenters. The van der Waals surface area contributed by atoms with Gasteiger partial charge in [-0.05, 0) is 25.1 Å². The number of hydrogen-bond donors (Lipinski definition) is 2. The molecular weight excluding hydrogens is 238 g/mol. The molecule has 0 saturated heterocycles. The maximum absolute atomic E-state index is 9.93. The quantitative estimate of drug-likeness (QED) is 0.830. The first-order valence-electron chi connectivity index (χ1n) is 6.61. The number of aliphatic hydroxyl groups excluding tert-OH is 1. The van der Waals surface area contributed by atoms with E-state index in [4.69, 9.17) is 0 Å². The predicted molar refractivity (Wildman–Crippen MR) is 75.8 cm³/mol. The van der Waals surface area contributed by atoms with Crippen LogP contribution in [-0.4, -0.2) is 28.0 Å². The molecular formula is C15H21N3O. The van der Waals surface area contributed by atoms with Crippen molar-refractivity contribution >= 4 is 0 Å². The molecule has 1 aromatic heterocycles. The molecule has 2 aromatic rings. The zero-order valence-corrected chi connectivity index (χ0v) is 11.5. The number of rotatable bonds is 6. The number of nitrogens with one attached hydrogen (secondary N) is 1. The van der Waals surface area contributed by atoms with Crippen LogP contribution in [0.15, 0.2) is 42.6 Å². The van der Waals surface area contributed by atoms with E-state index in [9.17, 15) is 5.11 Å². The van der Waals surface area contributed by atoms with Crippen LogP contribution in [0, 0.1) is 6.92 Å². The van der Waals surface area contributed by atoms with Gasteiger partial charge in [-0.1, -0.05) is 37.3 Å². The third kappa shape index (κ3) is 3.03. The van der Waals surface area contributed by atoms with Gasteiger partial charge >= 0.3 is 0 Å². The molecule has 0 aliphatic heterocycles. The normalized spacial score (nSPS) is 14.3. The molecule has 2 N–H and O–H groups in total. The van der Waals surface area contributed by atoms with Gasteiger partial charge in [0.15, 0.2) is 0 Å². The van der Waals surface area contributed by atoms with Gasteiger partial charge in [0.25, 0.3) is 0 Å². The number of aryl methyl sites for hydroxylation is 1. The molecule has 102 valence electrons. The lowest BCUT2D eigenvalue weighted by Gasteiger charge is -2.33. The first kappa shape index (κ1) is 13.8. The molecule has 19 heavy (non-hydrogen) atoms. The van der Waals surface area contributed by atoms with Crippen LogP contribution in [0.25, 0.3) is 0 Å². The fourth-order valence-electron chi connectivity index (χ4n) is 2.37. The van der Waals surface area contributed by atoms with Crippen LogP contribution in [0.3, 0.4) is 0 Å². The lowest BCUT2D eigenvalue weighted by atomic mass is 9.90. The van der Waals surface area contributed by atoms with E-state index in [1.807, 2.05) is 61.1 Å². The molecule has 4 nitrogen and oxygen atoms in total. The number of hydrogen-bond acceptors (Lipinski definition) is 3. The molecule has 0 fully saturated rings. The van der Waals surface area contributed by atoms with Gasteiger partial charge in [-0.15, -0.1) is 0 Å². The monoisotopic (exact) mass is 259 g/mol. The van der Waals surface area contributed by atoms with E-state index in [0.717, 1.165) is 17.8 Å². The van der Waals surface area contributed by atoms with Gasteiger partial charge in [0, 0.05) is 6.20 Å². The van der Waals surface area contributed by atoms with E-state index in [-0.39, 0.29) is 6.61 Å². The van der Waals surface area contributed by atoms with Crippen LogP contribution < -0.4 is 5.32 Å². The number of aliphatic hydroxyl groups is 1. The van der Waals surface area contributed by atoms with Crippen LogP contribution in [0.1, 0.15) is 18.2 Å². The van der Waals surface area contributed by atoms with Gasteiger partial charge in [-0.2, -0.15) is 5.10 Å². The van der Waals surface area contributed by atoms with Gasteiger partial charge in [-0.25, -0.2) is 0 Å². The highest BCUT2D eigenvalue weighted by Gasteiger charge is 2.31. The molecule has 1 heterocycles. The Morgan fingerprint density at radius 3 is 2.53 bits per heavy atom. The molecule has 0 aliphatic rings. The highest BCUT2D eigenvalue weighted by Crippen LogP contribution is 2.22. The third-order valence-corrected chi connectivity index (χ3v) is 3.32. The summed E-state index contributed by atoms with van der Waals surface area (Å²) in [7, 11) is 0. The molecule has 1 aromatic carbocycles. The summed E-state index contributed by atoms with van der Waals surface area (Å²) in [6, 6.07) is 12.0. The standard InChI is InChI=1S/C15H21N3O/c1-3-16-15(12-19,14-7-5-4-6-8-14)11-18-10-9-13(2)17-18/h4-10,16,19H,3,11-12H2,1-2H3. The first-order chi connectivity index (χ1) is 9.20. The molecule has 0 amide bonds. The minimum atomic E-state index is -0.492. The van der Waals surface area contributed by atoms with Crippen LogP contribution in [0.2, 0.25) is 0 Å². The number of benzene rings is 1. The number of aromatic nitrogens is 2. The van der Waals surface area contributed by atoms with Crippen molar-refractivity contribution in [1.29, 1.82) is 0 Å². The Hall–Kier alpha value is -1.65. The second-order valence-electron chi connectivity index (χ2n) is 4.79. The Balaban J connectivity index is 2.34. The van der Waals surface area contributed by atoms with Crippen molar-refractivity contribution in [3.63, 3.8) is 0 Å². The second kappa shape index (κ2) is 5.99. The fraction of sp³-hybridized carbons (Fsp3) is 0.400. The van der Waals surface area contributed by atoms with Crippen molar-refractivity contribution < 1.29 is 5.11 Å². The van der Waals surface area contributed by atoms with Gasteiger partial charge in [0.05, 0.1) is 24.4 Å². The maximum Gasteiger partial charge on any atom is 0.0867 e. The summed E-state index contributed by atoms with van der Waals surface area (Å²) in [6.07, 6.45) is 1.94. The predicted octanol–water partition coefficient (Wildman–Crippen LogP) is 1.69. The minimum absolute atomic E-state index is 0.0315. The van der Waals surface area contributed by atoms with Crippen molar-refractivity contribution in [1.82, 2.24) is 15.1 Å². The second-order valence-corrected chi connectivity index (χ2v) is 4.79. The molecule has 0 radical (unpaired) electrons. The lowest BCUT2D eigenvalue weighted by molar-refractivity contribution is 0.139. The Morgan fingerprint density at radius 2 is 2.00 bits per heavy atom. The molecule has 4 heteroatoms. The lowest BCUT2D eigenvalue weighted by Crippen LogP contribution is -2.49. The summed E-state index contributed by atoms with van der Waals surface area (Å²) >= 11 is 0. The first-order valence-corrected chi connectivity index (χ1v) is 6.61. The Bertz CT molecular complexity index is 509. The zero-order valence-electron chi connectivity index (χ0n) is 11.5. The molecule has 2 rings (SSSR count). The molecule has 0 spiro atoms.